The lowest BCUT2D eigenvalue weighted by Gasteiger charge is -2.33. The van der Waals surface area contributed by atoms with Crippen LogP contribution in [0.1, 0.15) is 19.8 Å². The first-order chi connectivity index (χ1) is 9.15. The minimum Gasteiger partial charge on any atom is -0.481 e. The lowest BCUT2D eigenvalue weighted by Crippen LogP contribution is -2.33. The number of ether oxygens (including phenoxy) is 3. The second kappa shape index (κ2) is 6.06. The molecule has 0 amide bonds. The Bertz CT molecular complexity index is 397. The van der Waals surface area contributed by atoms with Gasteiger partial charge < -0.3 is 19.5 Å². The van der Waals surface area contributed by atoms with E-state index in [2.05, 4.69) is 22.2 Å². The Morgan fingerprint density at radius 1 is 1.21 bits per heavy atom. The molecule has 1 saturated heterocycles. The standard InChI is InChI=1S/C13H21N3O3/c1-13(4-6-19-7-5-13)9-14-12-15-10(17-2)8-11(16-12)18-3/h8H,4-7,9H2,1-3H3,(H,14,15,16). The van der Waals surface area contributed by atoms with Gasteiger partial charge in [-0.25, -0.2) is 0 Å². The van der Waals surface area contributed by atoms with Crippen LogP contribution in [0.3, 0.4) is 0 Å². The van der Waals surface area contributed by atoms with Crippen molar-refractivity contribution in [1.82, 2.24) is 9.97 Å². The summed E-state index contributed by atoms with van der Waals surface area (Å²) in [7, 11) is 3.15. The third-order valence-corrected chi connectivity index (χ3v) is 3.47. The van der Waals surface area contributed by atoms with Crippen molar-refractivity contribution < 1.29 is 14.2 Å². The van der Waals surface area contributed by atoms with Crippen molar-refractivity contribution in [3.63, 3.8) is 0 Å². The summed E-state index contributed by atoms with van der Waals surface area (Å²) in [4.78, 5) is 8.52. The molecule has 0 aliphatic carbocycles. The van der Waals surface area contributed by atoms with E-state index in [1.54, 1.807) is 20.3 Å². The number of hydrogen-bond acceptors (Lipinski definition) is 6. The van der Waals surface area contributed by atoms with Crippen LogP contribution in [-0.2, 0) is 4.74 Å². The van der Waals surface area contributed by atoms with Crippen LogP contribution >= 0.6 is 0 Å². The first kappa shape index (κ1) is 13.9. The van der Waals surface area contributed by atoms with E-state index in [9.17, 15) is 0 Å². The molecule has 0 aromatic carbocycles. The molecule has 1 aromatic heterocycles. The molecule has 2 rings (SSSR count). The molecule has 6 nitrogen and oxygen atoms in total. The average Bonchev–Trinajstić information content (AvgIpc) is 2.45. The zero-order valence-electron chi connectivity index (χ0n) is 11.7. The average molecular weight is 267 g/mol. The maximum atomic E-state index is 5.39. The van der Waals surface area contributed by atoms with E-state index < -0.39 is 0 Å². The first-order valence-electron chi connectivity index (χ1n) is 6.44. The summed E-state index contributed by atoms with van der Waals surface area (Å²) in [5, 5.41) is 3.27. The molecule has 1 fully saturated rings. The number of nitrogens with one attached hydrogen (secondary N) is 1. The number of anilines is 1. The summed E-state index contributed by atoms with van der Waals surface area (Å²) in [5.41, 5.74) is 0.220. The van der Waals surface area contributed by atoms with Crippen LogP contribution in [0.25, 0.3) is 0 Å². The molecule has 0 bridgehead atoms. The number of nitrogens with zero attached hydrogens (tertiary/aromatic N) is 2. The van der Waals surface area contributed by atoms with Gasteiger partial charge in [-0.2, -0.15) is 9.97 Å². The summed E-state index contributed by atoms with van der Waals surface area (Å²) in [6.45, 7) is 4.70. The van der Waals surface area contributed by atoms with Gasteiger partial charge in [0, 0.05) is 19.8 Å². The molecule has 1 aliphatic rings. The molecule has 0 saturated carbocycles. The minimum atomic E-state index is 0.220. The first-order valence-corrected chi connectivity index (χ1v) is 6.44. The van der Waals surface area contributed by atoms with Gasteiger partial charge in [0.05, 0.1) is 20.3 Å². The van der Waals surface area contributed by atoms with E-state index in [0.29, 0.717) is 17.7 Å². The highest BCUT2D eigenvalue weighted by molar-refractivity contribution is 5.33. The Morgan fingerprint density at radius 3 is 2.32 bits per heavy atom. The Kier molecular flexibility index (Phi) is 4.42. The fraction of sp³-hybridized carbons (Fsp3) is 0.692. The predicted octanol–water partition coefficient (Wildman–Crippen LogP) is 1.72. The summed E-state index contributed by atoms with van der Waals surface area (Å²) in [6, 6.07) is 1.65. The molecule has 0 unspecified atom stereocenters. The van der Waals surface area contributed by atoms with E-state index in [1.165, 1.54) is 0 Å². The predicted molar refractivity (Wildman–Crippen MR) is 71.8 cm³/mol. The zero-order chi connectivity index (χ0) is 13.7. The molecule has 6 heteroatoms. The van der Waals surface area contributed by atoms with E-state index in [-0.39, 0.29) is 5.41 Å². The number of aromatic nitrogens is 2. The van der Waals surface area contributed by atoms with Gasteiger partial charge in [0.1, 0.15) is 0 Å². The molecule has 19 heavy (non-hydrogen) atoms. The van der Waals surface area contributed by atoms with Gasteiger partial charge in [-0.05, 0) is 18.3 Å². The molecular weight excluding hydrogens is 246 g/mol. The van der Waals surface area contributed by atoms with Gasteiger partial charge >= 0.3 is 0 Å². The van der Waals surface area contributed by atoms with Crippen molar-refractivity contribution in [3.8, 4) is 11.8 Å². The van der Waals surface area contributed by atoms with Crippen molar-refractivity contribution >= 4 is 5.95 Å². The van der Waals surface area contributed by atoms with E-state index in [0.717, 1.165) is 32.6 Å². The number of methoxy groups -OCH3 is 2. The van der Waals surface area contributed by atoms with Crippen LogP contribution in [0.5, 0.6) is 11.8 Å². The smallest absolute Gasteiger partial charge is 0.229 e. The molecule has 0 radical (unpaired) electrons. The summed E-state index contributed by atoms with van der Waals surface area (Å²) in [5.74, 6) is 1.52. The monoisotopic (exact) mass is 267 g/mol. The molecule has 106 valence electrons. The van der Waals surface area contributed by atoms with E-state index in [1.807, 2.05) is 0 Å². The highest BCUT2D eigenvalue weighted by Crippen LogP contribution is 2.30. The highest BCUT2D eigenvalue weighted by Gasteiger charge is 2.27. The Hall–Kier alpha value is -1.56. The van der Waals surface area contributed by atoms with Crippen LogP contribution < -0.4 is 14.8 Å². The molecule has 2 heterocycles. The summed E-state index contributed by atoms with van der Waals surface area (Å²) in [6.07, 6.45) is 2.09. The van der Waals surface area contributed by atoms with Crippen LogP contribution in [0.4, 0.5) is 5.95 Å². The van der Waals surface area contributed by atoms with Crippen molar-refractivity contribution in [2.45, 2.75) is 19.8 Å². The molecule has 1 aliphatic heterocycles. The largest absolute Gasteiger partial charge is 0.481 e. The zero-order valence-corrected chi connectivity index (χ0v) is 11.7. The maximum absolute atomic E-state index is 5.39. The van der Waals surface area contributed by atoms with Crippen molar-refractivity contribution in [3.05, 3.63) is 6.07 Å². The second-order valence-corrected chi connectivity index (χ2v) is 5.05. The number of hydrogen-bond donors (Lipinski definition) is 1. The normalized spacial score (nSPS) is 17.8. The Morgan fingerprint density at radius 2 is 1.79 bits per heavy atom. The van der Waals surface area contributed by atoms with Gasteiger partial charge in [0.15, 0.2) is 0 Å². The fourth-order valence-electron chi connectivity index (χ4n) is 2.03. The second-order valence-electron chi connectivity index (χ2n) is 5.05. The molecule has 0 spiro atoms. The summed E-state index contributed by atoms with van der Waals surface area (Å²) < 4.78 is 15.6. The van der Waals surface area contributed by atoms with Crippen LogP contribution in [0.2, 0.25) is 0 Å². The van der Waals surface area contributed by atoms with Gasteiger partial charge in [0.25, 0.3) is 0 Å². The van der Waals surface area contributed by atoms with E-state index in [4.69, 9.17) is 14.2 Å². The van der Waals surface area contributed by atoms with Crippen LogP contribution in [-0.4, -0.2) is 43.9 Å². The summed E-state index contributed by atoms with van der Waals surface area (Å²) >= 11 is 0. The Labute approximate surface area is 113 Å². The van der Waals surface area contributed by atoms with Crippen LogP contribution in [0, 0.1) is 5.41 Å². The van der Waals surface area contributed by atoms with Gasteiger partial charge in [-0.3, -0.25) is 0 Å². The van der Waals surface area contributed by atoms with Crippen LogP contribution in [0.15, 0.2) is 6.07 Å². The van der Waals surface area contributed by atoms with Gasteiger partial charge in [-0.1, -0.05) is 6.92 Å². The lowest BCUT2D eigenvalue weighted by molar-refractivity contribution is 0.0299. The van der Waals surface area contributed by atoms with Gasteiger partial charge in [0.2, 0.25) is 17.7 Å². The fourth-order valence-corrected chi connectivity index (χ4v) is 2.03. The van der Waals surface area contributed by atoms with E-state index >= 15 is 0 Å². The molecule has 1 N–H and O–H groups in total. The quantitative estimate of drug-likeness (QED) is 0.876. The topological polar surface area (TPSA) is 65.5 Å². The van der Waals surface area contributed by atoms with Crippen molar-refractivity contribution in [2.24, 2.45) is 5.41 Å². The van der Waals surface area contributed by atoms with Gasteiger partial charge in [-0.15, -0.1) is 0 Å². The molecule has 0 atom stereocenters. The maximum Gasteiger partial charge on any atom is 0.229 e. The lowest BCUT2D eigenvalue weighted by atomic mass is 9.82. The SMILES string of the molecule is COc1cc(OC)nc(NCC2(C)CCOCC2)n1. The Balaban J connectivity index is 2.02. The third-order valence-electron chi connectivity index (χ3n) is 3.47. The molecular formula is C13H21N3O3. The minimum absolute atomic E-state index is 0.220. The highest BCUT2D eigenvalue weighted by atomic mass is 16.5. The molecule has 1 aromatic rings. The third kappa shape index (κ3) is 3.70. The number of rotatable bonds is 5. The van der Waals surface area contributed by atoms with Crippen molar-refractivity contribution in [2.75, 3.05) is 39.3 Å². The van der Waals surface area contributed by atoms with Crippen molar-refractivity contribution in [1.29, 1.82) is 0 Å².